The summed E-state index contributed by atoms with van der Waals surface area (Å²) in [6.07, 6.45) is 0.00942. The van der Waals surface area contributed by atoms with Crippen LogP contribution < -0.4 is 10.9 Å². The molecule has 0 aliphatic carbocycles. The maximum absolute atomic E-state index is 11.7. The zero-order chi connectivity index (χ0) is 12.2. The van der Waals surface area contributed by atoms with E-state index in [0.29, 0.717) is 6.54 Å². The number of hydrogen-bond donors (Lipinski definition) is 2. The number of amides is 1. The van der Waals surface area contributed by atoms with Gasteiger partial charge in [-0.1, -0.05) is 6.08 Å². The first-order chi connectivity index (χ1) is 7.38. The molecule has 4 nitrogen and oxygen atoms in total. The summed E-state index contributed by atoms with van der Waals surface area (Å²) >= 11 is 0. The summed E-state index contributed by atoms with van der Waals surface area (Å²) in [5.41, 5.74) is 3.99. The highest BCUT2D eigenvalue weighted by Gasteiger charge is 2.26. The smallest absolute Gasteiger partial charge is 0.402 e. The summed E-state index contributed by atoms with van der Waals surface area (Å²) in [5.74, 6) is -0.631. The van der Waals surface area contributed by atoms with Crippen LogP contribution in [0.1, 0.15) is 0 Å². The predicted octanol–water partition coefficient (Wildman–Crippen LogP) is 0.00870. The molecule has 0 aromatic carbocycles. The van der Waals surface area contributed by atoms with Crippen molar-refractivity contribution >= 4 is 13.9 Å². The minimum atomic E-state index is -4.36. The van der Waals surface area contributed by atoms with Gasteiger partial charge >= 0.3 is 6.18 Å². The first-order valence-electron chi connectivity index (χ1n) is 4.38. The molecule has 86 valence electrons. The van der Waals surface area contributed by atoms with E-state index in [9.17, 15) is 18.0 Å². The average Bonchev–Trinajstić information content (AvgIpc) is 2.16. The fourth-order valence-corrected chi connectivity index (χ4v) is 0.974. The first kappa shape index (κ1) is 12.6. The van der Waals surface area contributed by atoms with Crippen molar-refractivity contribution in [3.05, 3.63) is 23.9 Å². The third kappa shape index (κ3) is 4.39. The number of halogens is 3. The Labute approximate surface area is 91.6 Å². The summed E-state index contributed by atoms with van der Waals surface area (Å²) in [7, 11) is 5.36. The van der Waals surface area contributed by atoms with Gasteiger partial charge in [-0.2, -0.15) is 13.2 Å². The Morgan fingerprint density at radius 1 is 1.56 bits per heavy atom. The molecule has 0 spiro atoms. The quantitative estimate of drug-likeness (QED) is 0.531. The average molecular weight is 231 g/mol. The molecule has 1 aliphatic rings. The molecule has 0 atom stereocenters. The summed E-state index contributed by atoms with van der Waals surface area (Å²) in [6, 6.07) is 0. The lowest BCUT2D eigenvalue weighted by atomic mass is 10.1. The second kappa shape index (κ2) is 5.06. The Morgan fingerprint density at radius 3 is 2.75 bits per heavy atom. The number of nitrogens with one attached hydrogen (secondary N) is 2. The molecule has 8 heteroatoms. The topological polar surface area (TPSA) is 44.4 Å². The van der Waals surface area contributed by atoms with Crippen LogP contribution in [0.3, 0.4) is 0 Å². The fraction of sp³-hybridized carbons (Fsp3) is 0.375. The number of carbonyl (C=O) groups is 1. The Hall–Kier alpha value is -1.44. The summed E-state index contributed by atoms with van der Waals surface area (Å²) < 4.78 is 35.2. The highest BCUT2D eigenvalue weighted by molar-refractivity contribution is 6.06. The molecular formula is C8H9BF3N3O. The number of carbonyl (C=O) groups excluding carboxylic acids is 1. The summed E-state index contributed by atoms with van der Waals surface area (Å²) in [4.78, 5) is 12.6. The van der Waals surface area contributed by atoms with Crippen molar-refractivity contribution in [1.82, 2.24) is 15.7 Å². The minimum Gasteiger partial charge on any atom is -0.427 e. The van der Waals surface area contributed by atoms with Crippen LogP contribution in [0.25, 0.3) is 0 Å². The molecule has 1 amide bonds. The van der Waals surface area contributed by atoms with Gasteiger partial charge in [0.1, 0.15) is 6.54 Å². The van der Waals surface area contributed by atoms with E-state index in [2.05, 4.69) is 0 Å². The van der Waals surface area contributed by atoms with Crippen LogP contribution in [0, 0.1) is 0 Å². The summed E-state index contributed by atoms with van der Waals surface area (Å²) in [5, 5.41) is 0. The molecule has 1 heterocycles. The number of nitrogens with zero attached hydrogens (tertiary/aromatic N) is 1. The Morgan fingerprint density at radius 2 is 2.25 bits per heavy atom. The van der Waals surface area contributed by atoms with E-state index in [1.165, 1.54) is 23.2 Å². The zero-order valence-electron chi connectivity index (χ0n) is 8.21. The van der Waals surface area contributed by atoms with Crippen LogP contribution in [0.4, 0.5) is 13.2 Å². The molecule has 0 saturated heterocycles. The normalized spacial score (nSPS) is 15.9. The molecule has 0 unspecified atom stereocenters. The molecule has 16 heavy (non-hydrogen) atoms. The van der Waals surface area contributed by atoms with E-state index in [0.717, 1.165) is 0 Å². The molecule has 0 aromatic rings. The van der Waals surface area contributed by atoms with E-state index in [1.807, 2.05) is 5.43 Å². The third-order valence-corrected chi connectivity index (χ3v) is 1.72. The third-order valence-electron chi connectivity index (χ3n) is 1.72. The van der Waals surface area contributed by atoms with Crippen LogP contribution in [0.15, 0.2) is 23.9 Å². The lowest BCUT2D eigenvalue weighted by Gasteiger charge is -2.17. The van der Waals surface area contributed by atoms with Gasteiger partial charge < -0.3 is 4.81 Å². The van der Waals surface area contributed by atoms with Gasteiger partial charge in [-0.05, 0) is 12.3 Å². The minimum absolute atomic E-state index is 0.261. The monoisotopic (exact) mass is 231 g/mol. The van der Waals surface area contributed by atoms with Crippen molar-refractivity contribution in [3.8, 4) is 0 Å². The van der Waals surface area contributed by atoms with E-state index in [4.69, 9.17) is 7.98 Å². The Kier molecular flexibility index (Phi) is 4.00. The van der Waals surface area contributed by atoms with Crippen LogP contribution in [-0.2, 0) is 4.79 Å². The first-order valence-corrected chi connectivity index (χ1v) is 4.38. The van der Waals surface area contributed by atoms with Crippen molar-refractivity contribution in [3.63, 3.8) is 0 Å². The number of alkyl halides is 3. The molecule has 2 N–H and O–H groups in total. The lowest BCUT2D eigenvalue weighted by Crippen LogP contribution is -2.43. The number of rotatable bonds is 3. The zero-order valence-corrected chi connectivity index (χ0v) is 8.21. The van der Waals surface area contributed by atoms with E-state index < -0.39 is 18.6 Å². The van der Waals surface area contributed by atoms with Gasteiger partial charge in [0.05, 0.1) is 0 Å². The molecule has 1 aliphatic heterocycles. The molecule has 0 bridgehead atoms. The SMILES string of the molecule is [B]N1C=CC(C(=O)NNCC(F)(F)F)=CC1. The van der Waals surface area contributed by atoms with E-state index in [-0.39, 0.29) is 5.57 Å². The Bertz CT molecular complexity index is 327. The largest absolute Gasteiger partial charge is 0.427 e. The van der Waals surface area contributed by atoms with Gasteiger partial charge in [0.2, 0.25) is 7.98 Å². The highest BCUT2D eigenvalue weighted by atomic mass is 19.4. The van der Waals surface area contributed by atoms with E-state index in [1.54, 1.807) is 5.43 Å². The summed E-state index contributed by atoms with van der Waals surface area (Å²) in [6.45, 7) is -0.947. The molecule has 1 rings (SSSR count). The Balaban J connectivity index is 2.34. The van der Waals surface area contributed by atoms with Gasteiger partial charge in [0.15, 0.2) is 0 Å². The van der Waals surface area contributed by atoms with Gasteiger partial charge in [-0.15, -0.1) is 0 Å². The standard InChI is InChI=1S/C8H9BF3N3O/c9-15-3-1-6(2-4-15)7(16)14-13-5-8(10,11)12/h1-3,13H,4-5H2,(H,14,16). The molecule has 0 saturated carbocycles. The van der Waals surface area contributed by atoms with E-state index >= 15 is 0 Å². The van der Waals surface area contributed by atoms with Gasteiger partial charge in [-0.3, -0.25) is 10.2 Å². The van der Waals surface area contributed by atoms with Crippen LogP contribution in [0.5, 0.6) is 0 Å². The van der Waals surface area contributed by atoms with Crippen molar-refractivity contribution in [2.75, 3.05) is 13.1 Å². The van der Waals surface area contributed by atoms with Crippen LogP contribution in [0.2, 0.25) is 0 Å². The second-order valence-electron chi connectivity index (χ2n) is 3.09. The van der Waals surface area contributed by atoms with Crippen molar-refractivity contribution in [2.45, 2.75) is 6.18 Å². The molecular weight excluding hydrogens is 222 g/mol. The molecule has 0 aromatic heterocycles. The van der Waals surface area contributed by atoms with Crippen LogP contribution >= 0.6 is 0 Å². The maximum Gasteiger partial charge on any atom is 0.402 e. The van der Waals surface area contributed by atoms with Crippen molar-refractivity contribution in [2.24, 2.45) is 0 Å². The fourth-order valence-electron chi connectivity index (χ4n) is 0.974. The second-order valence-corrected chi connectivity index (χ2v) is 3.09. The van der Waals surface area contributed by atoms with Crippen molar-refractivity contribution in [1.29, 1.82) is 0 Å². The van der Waals surface area contributed by atoms with Crippen LogP contribution in [-0.4, -0.2) is 38.0 Å². The highest BCUT2D eigenvalue weighted by Crippen LogP contribution is 2.11. The lowest BCUT2D eigenvalue weighted by molar-refractivity contribution is -0.130. The predicted molar refractivity (Wildman–Crippen MR) is 51.9 cm³/mol. The number of hydrazine groups is 1. The molecule has 0 fully saturated rings. The number of hydrogen-bond acceptors (Lipinski definition) is 3. The van der Waals surface area contributed by atoms with Crippen molar-refractivity contribution < 1.29 is 18.0 Å². The van der Waals surface area contributed by atoms with Gasteiger partial charge in [0, 0.05) is 12.1 Å². The molecule has 2 radical (unpaired) electrons. The van der Waals surface area contributed by atoms with Gasteiger partial charge in [0.25, 0.3) is 5.91 Å². The maximum atomic E-state index is 11.7. The van der Waals surface area contributed by atoms with Gasteiger partial charge in [-0.25, -0.2) is 5.43 Å².